The first-order valence-electron chi connectivity index (χ1n) is 15.8. The van der Waals surface area contributed by atoms with Gasteiger partial charge in [0, 0.05) is 40.5 Å². The molecule has 4 aliphatic carbocycles. The molecule has 0 saturated heterocycles. The molecule has 2 atom stereocenters. The quantitative estimate of drug-likeness (QED) is 0.203. The number of hydrogen-bond acceptors (Lipinski definition) is 6. The Kier molecular flexibility index (Phi) is 7.27. The van der Waals surface area contributed by atoms with E-state index in [2.05, 4.69) is 56.0 Å². The summed E-state index contributed by atoms with van der Waals surface area (Å²) in [7, 11) is 0. The number of carbonyl (C=O) groups is 2. The summed E-state index contributed by atoms with van der Waals surface area (Å²) in [5.41, 5.74) is 2.54. The van der Waals surface area contributed by atoms with E-state index >= 15 is 0 Å². The summed E-state index contributed by atoms with van der Waals surface area (Å²) < 4.78 is 7.57. The zero-order valence-corrected chi connectivity index (χ0v) is 26.7. The number of benzene rings is 2. The second-order valence-corrected chi connectivity index (χ2v) is 14.5. The summed E-state index contributed by atoms with van der Waals surface area (Å²) in [4.78, 5) is 35.0. The first kappa shape index (κ1) is 29.6. The van der Waals surface area contributed by atoms with Gasteiger partial charge in [-0.05, 0) is 83.9 Å². The zero-order valence-electron chi connectivity index (χ0n) is 25.9. The van der Waals surface area contributed by atoms with Crippen LogP contribution in [0.1, 0.15) is 65.7 Å². The van der Waals surface area contributed by atoms with Crippen LogP contribution in [0, 0.1) is 5.41 Å². The predicted octanol–water partition coefficient (Wildman–Crippen LogP) is 7.03. The van der Waals surface area contributed by atoms with Crippen molar-refractivity contribution in [3.63, 3.8) is 0 Å². The topological polar surface area (TPSA) is 110 Å². The fourth-order valence-corrected chi connectivity index (χ4v) is 7.64. The number of rotatable bonds is 7. The van der Waals surface area contributed by atoms with E-state index in [9.17, 15) is 9.59 Å². The van der Waals surface area contributed by atoms with Crippen LogP contribution < -0.4 is 16.0 Å². The predicted molar refractivity (Wildman–Crippen MR) is 176 cm³/mol. The average molecular weight is 627 g/mol. The van der Waals surface area contributed by atoms with Crippen molar-refractivity contribution in [3.05, 3.63) is 72.0 Å². The Hall–Kier alpha value is -4.11. The molecule has 234 valence electrons. The van der Waals surface area contributed by atoms with Crippen molar-refractivity contribution >= 4 is 40.5 Å². The van der Waals surface area contributed by atoms with Crippen molar-refractivity contribution in [1.29, 1.82) is 0 Å². The van der Waals surface area contributed by atoms with Crippen molar-refractivity contribution in [3.8, 4) is 16.9 Å². The highest BCUT2D eigenvalue weighted by Gasteiger charge is 2.72. The lowest BCUT2D eigenvalue weighted by atomic mass is 9.39. The molecule has 0 radical (unpaired) electrons. The van der Waals surface area contributed by atoms with Gasteiger partial charge in [-0.2, -0.15) is 0 Å². The van der Waals surface area contributed by atoms with E-state index in [1.54, 1.807) is 6.20 Å². The molecule has 9 nitrogen and oxygen atoms in total. The number of carbonyl (C=O) groups excluding carboxylic acids is 2. The number of nitrogens with one attached hydrogen (secondary N) is 3. The molecule has 2 heterocycles. The van der Waals surface area contributed by atoms with Crippen molar-refractivity contribution in [2.45, 2.75) is 88.9 Å². The number of para-hydroxylation sites is 2. The molecule has 45 heavy (non-hydrogen) atoms. The lowest BCUT2D eigenvalue weighted by molar-refractivity contribution is -0.180. The fraction of sp³-hybridized carbons (Fsp3) is 0.429. The SMILES string of the molecule is CC(C)(C)OC(=O)NC12CC(C(=O)N[C@H]3CCC[C@@H](Nc4ncc(Cl)c(-c5cn(-c6ccccc6)c6ccccc56)n4)C3)(C1)C2. The number of halogens is 1. The van der Waals surface area contributed by atoms with Crippen molar-refractivity contribution in [2.24, 2.45) is 5.41 Å². The van der Waals surface area contributed by atoms with E-state index in [4.69, 9.17) is 21.3 Å². The summed E-state index contributed by atoms with van der Waals surface area (Å²) in [5.74, 6) is 0.623. The number of anilines is 1. The Balaban J connectivity index is 1.00. The van der Waals surface area contributed by atoms with Crippen molar-refractivity contribution in [1.82, 2.24) is 25.2 Å². The molecule has 3 N–H and O–H groups in total. The average Bonchev–Trinajstić information content (AvgIpc) is 3.34. The van der Waals surface area contributed by atoms with Crippen molar-refractivity contribution < 1.29 is 14.3 Å². The van der Waals surface area contributed by atoms with Gasteiger partial charge in [-0.15, -0.1) is 0 Å². The second kappa shape index (κ2) is 11.1. The zero-order chi connectivity index (χ0) is 31.4. The molecule has 10 heteroatoms. The largest absolute Gasteiger partial charge is 0.444 e. The number of amides is 2. The van der Waals surface area contributed by atoms with E-state index in [1.165, 1.54) is 0 Å². The minimum absolute atomic E-state index is 0.0724. The molecule has 0 aliphatic heterocycles. The normalized spacial score (nSPS) is 25.5. The summed E-state index contributed by atoms with van der Waals surface area (Å²) in [6.07, 6.45) is 9.02. The molecule has 4 aliphatic rings. The Morgan fingerprint density at radius 3 is 2.47 bits per heavy atom. The van der Waals surface area contributed by atoms with E-state index in [-0.39, 0.29) is 28.9 Å². The molecule has 2 bridgehead atoms. The third kappa shape index (κ3) is 5.74. The molecule has 2 amide bonds. The number of aromatic nitrogens is 3. The summed E-state index contributed by atoms with van der Waals surface area (Å²) >= 11 is 6.70. The van der Waals surface area contributed by atoms with Crippen molar-refractivity contribution in [2.75, 3.05) is 5.32 Å². The van der Waals surface area contributed by atoms with E-state index in [0.717, 1.165) is 47.8 Å². The monoisotopic (exact) mass is 626 g/mol. The number of alkyl carbamates (subject to hydrolysis) is 1. The first-order valence-corrected chi connectivity index (χ1v) is 16.2. The van der Waals surface area contributed by atoms with E-state index in [1.807, 2.05) is 51.1 Å². The highest BCUT2D eigenvalue weighted by atomic mass is 35.5. The fourth-order valence-electron chi connectivity index (χ4n) is 7.45. The van der Waals surface area contributed by atoms with E-state index < -0.39 is 11.7 Å². The molecule has 2 aromatic heterocycles. The molecule has 0 unspecified atom stereocenters. The molecule has 4 fully saturated rings. The standard InChI is InChI=1S/C35H39ClN6O3/c1-33(2,3)45-32(44)41-35-19-34(20-35,21-35)30(43)38-22-10-9-11-23(16-22)39-31-37-17-27(36)29(40-31)26-18-42(24-12-5-4-6-13-24)28-15-8-7-14-25(26)28/h4-8,12-15,17-18,22-23H,9-11,16,19-21H2,1-3H3,(H,38,43)(H,41,44)(H,37,39,40)/t22-,23+,34?,35?/m0/s1. The molecule has 8 rings (SSSR count). The number of hydrogen-bond donors (Lipinski definition) is 3. The minimum atomic E-state index is -0.546. The van der Waals surface area contributed by atoms with Gasteiger partial charge in [0.2, 0.25) is 11.9 Å². The first-order chi connectivity index (χ1) is 21.5. The van der Waals surface area contributed by atoms with Crippen LogP contribution in [0.5, 0.6) is 0 Å². The van der Waals surface area contributed by atoms with Crippen LogP contribution in [0.15, 0.2) is 67.0 Å². The number of ether oxygens (including phenoxy) is 1. The van der Waals surface area contributed by atoms with E-state index in [0.29, 0.717) is 35.9 Å². The van der Waals surface area contributed by atoms with Crippen LogP contribution in [0.2, 0.25) is 5.02 Å². The second-order valence-electron chi connectivity index (χ2n) is 14.1. The third-order valence-corrected chi connectivity index (χ3v) is 9.64. The summed E-state index contributed by atoms with van der Waals surface area (Å²) in [5, 5.41) is 11.4. The maximum absolute atomic E-state index is 13.3. The summed E-state index contributed by atoms with van der Waals surface area (Å²) in [6, 6.07) is 18.7. The molecule has 0 spiro atoms. The summed E-state index contributed by atoms with van der Waals surface area (Å²) in [6.45, 7) is 5.54. The van der Waals surface area contributed by atoms with Crippen LogP contribution >= 0.6 is 11.6 Å². The van der Waals surface area contributed by atoms with Gasteiger partial charge in [-0.25, -0.2) is 14.8 Å². The van der Waals surface area contributed by atoms with Crippen LogP contribution in [0.3, 0.4) is 0 Å². The van der Waals surface area contributed by atoms with Gasteiger partial charge in [0.05, 0.1) is 27.8 Å². The molecule has 2 aromatic carbocycles. The van der Waals surface area contributed by atoms with Gasteiger partial charge in [0.25, 0.3) is 0 Å². The molecule has 4 aromatic rings. The highest BCUT2D eigenvalue weighted by molar-refractivity contribution is 6.33. The molecule has 4 saturated carbocycles. The Morgan fingerprint density at radius 2 is 1.71 bits per heavy atom. The van der Waals surface area contributed by atoms with Crippen LogP contribution in [0.4, 0.5) is 10.7 Å². The van der Waals surface area contributed by atoms with Crippen LogP contribution in [0.25, 0.3) is 27.8 Å². The third-order valence-electron chi connectivity index (χ3n) is 9.37. The Labute approximate surface area is 268 Å². The van der Waals surface area contributed by atoms with Gasteiger partial charge >= 0.3 is 6.09 Å². The highest BCUT2D eigenvalue weighted by Crippen LogP contribution is 2.67. The van der Waals surface area contributed by atoms with Gasteiger partial charge < -0.3 is 25.3 Å². The Bertz CT molecular complexity index is 1740. The lowest BCUT2D eigenvalue weighted by Gasteiger charge is -2.69. The van der Waals surface area contributed by atoms with Gasteiger partial charge in [0.1, 0.15) is 5.60 Å². The van der Waals surface area contributed by atoms with Gasteiger partial charge in [-0.3, -0.25) is 4.79 Å². The minimum Gasteiger partial charge on any atom is -0.444 e. The lowest BCUT2D eigenvalue weighted by Crippen LogP contribution is -2.78. The van der Waals surface area contributed by atoms with Gasteiger partial charge in [0.15, 0.2) is 0 Å². The van der Waals surface area contributed by atoms with Crippen LogP contribution in [-0.4, -0.2) is 49.8 Å². The number of fused-ring (bicyclic) bond motifs is 1. The van der Waals surface area contributed by atoms with Gasteiger partial charge in [-0.1, -0.05) is 48.0 Å². The molecular formula is C35H39ClN6O3. The Morgan fingerprint density at radius 1 is 1.00 bits per heavy atom. The maximum atomic E-state index is 13.3. The number of nitrogens with zero attached hydrogens (tertiary/aromatic N) is 3. The maximum Gasteiger partial charge on any atom is 0.408 e. The smallest absolute Gasteiger partial charge is 0.408 e. The molecular weight excluding hydrogens is 588 g/mol. The van der Waals surface area contributed by atoms with Crippen LogP contribution in [-0.2, 0) is 9.53 Å².